The van der Waals surface area contributed by atoms with E-state index < -0.39 is 0 Å². The summed E-state index contributed by atoms with van der Waals surface area (Å²) in [5.41, 5.74) is 1.24. The van der Waals surface area contributed by atoms with Gasteiger partial charge in [-0.3, -0.25) is 19.1 Å². The molecular formula is C22H25Cl2N7O3. The lowest BCUT2D eigenvalue weighted by atomic mass is 10.1. The molecule has 0 unspecified atom stereocenters. The molecule has 1 fully saturated rings. The van der Waals surface area contributed by atoms with Gasteiger partial charge in [0.25, 0.3) is 5.91 Å². The minimum atomic E-state index is -0.203. The number of halogens is 2. The molecule has 1 N–H and O–H groups in total. The minimum Gasteiger partial charge on any atom is -0.492 e. The van der Waals surface area contributed by atoms with E-state index in [1.54, 1.807) is 40.0 Å². The van der Waals surface area contributed by atoms with Crippen molar-refractivity contribution in [2.75, 3.05) is 26.2 Å². The zero-order chi connectivity index (χ0) is 23.5. The maximum Gasteiger partial charge on any atom is 0.251 e. The van der Waals surface area contributed by atoms with Crippen LogP contribution in [0.15, 0.2) is 36.8 Å². The van der Waals surface area contributed by atoms with Crippen LogP contribution < -0.4 is 10.1 Å². The van der Waals surface area contributed by atoms with Crippen molar-refractivity contribution in [1.29, 1.82) is 0 Å². The van der Waals surface area contributed by atoms with Crippen LogP contribution >= 0.6 is 23.2 Å². The molecule has 180 valence electrons. The Kier molecular flexibility index (Phi) is 7.00. The highest BCUT2D eigenvalue weighted by molar-refractivity contribution is 6.32. The Morgan fingerprint density at radius 1 is 1.18 bits per heavy atom. The van der Waals surface area contributed by atoms with Crippen molar-refractivity contribution in [2.24, 2.45) is 0 Å². The lowest BCUT2D eigenvalue weighted by Gasteiger charge is -2.20. The zero-order valence-electron chi connectivity index (χ0n) is 18.4. The number of amides is 1. The molecule has 1 saturated heterocycles. The van der Waals surface area contributed by atoms with E-state index in [1.165, 1.54) is 0 Å². The number of aromatic nitrogens is 5. The number of hydrogen-bond donors (Lipinski definition) is 1. The molecule has 4 heterocycles. The number of nitrogens with zero attached hydrogens (tertiary/aromatic N) is 6. The zero-order valence-corrected chi connectivity index (χ0v) is 20.0. The molecule has 1 amide bonds. The van der Waals surface area contributed by atoms with Crippen LogP contribution in [0.5, 0.6) is 5.75 Å². The molecule has 2 aromatic heterocycles. The Hall–Kier alpha value is -2.66. The monoisotopic (exact) mass is 505 g/mol. The molecule has 5 rings (SSSR count). The summed E-state index contributed by atoms with van der Waals surface area (Å²) in [5.74, 6) is 0.290. The summed E-state index contributed by atoms with van der Waals surface area (Å²) in [6.45, 7) is 4.17. The van der Waals surface area contributed by atoms with Crippen molar-refractivity contribution in [2.45, 2.75) is 38.3 Å². The molecule has 2 atom stereocenters. The van der Waals surface area contributed by atoms with Gasteiger partial charge in [-0.1, -0.05) is 28.4 Å². The van der Waals surface area contributed by atoms with Crippen molar-refractivity contribution < 1.29 is 14.3 Å². The van der Waals surface area contributed by atoms with E-state index in [0.717, 1.165) is 18.7 Å². The number of likely N-dealkylation sites (tertiary alicyclic amines) is 1. The smallest absolute Gasteiger partial charge is 0.251 e. The van der Waals surface area contributed by atoms with Crippen molar-refractivity contribution in [3.05, 3.63) is 58.1 Å². The highest BCUT2D eigenvalue weighted by atomic mass is 35.5. The SMILES string of the molecule is O=C1N[C@H]2CN(CCn3cc(Cl)cn3)C[C@@H]2OCc2cn(nn2)CCCOc2cc1ccc2Cl. The van der Waals surface area contributed by atoms with Gasteiger partial charge in [-0.15, -0.1) is 5.10 Å². The van der Waals surface area contributed by atoms with Gasteiger partial charge in [0, 0.05) is 44.4 Å². The van der Waals surface area contributed by atoms with Gasteiger partial charge < -0.3 is 14.8 Å². The van der Waals surface area contributed by atoms with E-state index in [-0.39, 0.29) is 18.1 Å². The van der Waals surface area contributed by atoms with Gasteiger partial charge in [-0.05, 0) is 18.2 Å². The van der Waals surface area contributed by atoms with Crippen LogP contribution in [0.4, 0.5) is 0 Å². The van der Waals surface area contributed by atoms with E-state index in [1.807, 2.05) is 6.20 Å². The first kappa shape index (κ1) is 23.1. The third kappa shape index (κ3) is 5.52. The lowest BCUT2D eigenvalue weighted by Crippen LogP contribution is -2.44. The van der Waals surface area contributed by atoms with E-state index >= 15 is 0 Å². The van der Waals surface area contributed by atoms with Crippen LogP contribution in [-0.2, 0) is 24.4 Å². The Balaban J connectivity index is 1.33. The Morgan fingerprint density at radius 3 is 2.94 bits per heavy atom. The fourth-order valence-electron chi connectivity index (χ4n) is 4.17. The van der Waals surface area contributed by atoms with Gasteiger partial charge in [0.05, 0.1) is 54.3 Å². The number of rotatable bonds is 3. The normalized spacial score (nSPS) is 21.6. The molecule has 0 radical (unpaired) electrons. The summed E-state index contributed by atoms with van der Waals surface area (Å²) >= 11 is 12.3. The first-order valence-corrected chi connectivity index (χ1v) is 11.9. The molecule has 0 saturated carbocycles. The van der Waals surface area contributed by atoms with Gasteiger partial charge in [0.1, 0.15) is 11.4 Å². The van der Waals surface area contributed by atoms with Crippen LogP contribution in [0.2, 0.25) is 10.0 Å². The van der Waals surface area contributed by atoms with Crippen molar-refractivity contribution >= 4 is 29.1 Å². The van der Waals surface area contributed by atoms with Gasteiger partial charge in [0.2, 0.25) is 0 Å². The molecule has 12 heteroatoms. The molecule has 0 aliphatic carbocycles. The van der Waals surface area contributed by atoms with Crippen LogP contribution in [-0.4, -0.2) is 74.0 Å². The van der Waals surface area contributed by atoms with E-state index in [4.69, 9.17) is 32.7 Å². The molecule has 1 aromatic carbocycles. The molecule has 4 bridgehead atoms. The number of nitrogens with one attached hydrogen (secondary N) is 1. The predicted molar refractivity (Wildman–Crippen MR) is 125 cm³/mol. The molecule has 2 aliphatic heterocycles. The molecule has 34 heavy (non-hydrogen) atoms. The number of aryl methyl sites for hydroxylation is 1. The molecular weight excluding hydrogens is 481 g/mol. The number of carbonyl (C=O) groups is 1. The van der Waals surface area contributed by atoms with Gasteiger partial charge in [-0.2, -0.15) is 5.10 Å². The topological polar surface area (TPSA) is 99.3 Å². The maximum atomic E-state index is 13.1. The highest BCUT2D eigenvalue weighted by Crippen LogP contribution is 2.26. The van der Waals surface area contributed by atoms with Gasteiger partial charge >= 0.3 is 0 Å². The van der Waals surface area contributed by atoms with E-state index in [9.17, 15) is 4.79 Å². The van der Waals surface area contributed by atoms with Crippen LogP contribution in [0.3, 0.4) is 0 Å². The third-order valence-electron chi connectivity index (χ3n) is 5.92. The highest BCUT2D eigenvalue weighted by Gasteiger charge is 2.35. The number of carbonyl (C=O) groups excluding carboxylic acids is 1. The molecule has 10 nitrogen and oxygen atoms in total. The maximum absolute atomic E-state index is 13.1. The number of hydrogen-bond acceptors (Lipinski definition) is 7. The summed E-state index contributed by atoms with van der Waals surface area (Å²) in [5, 5.41) is 16.8. The summed E-state index contributed by atoms with van der Waals surface area (Å²) < 4.78 is 15.6. The molecule has 0 spiro atoms. The third-order valence-corrected chi connectivity index (χ3v) is 6.43. The summed E-state index contributed by atoms with van der Waals surface area (Å²) in [4.78, 5) is 15.3. The fraction of sp³-hybridized carbons (Fsp3) is 0.455. The second kappa shape index (κ2) is 10.3. The quantitative estimate of drug-likeness (QED) is 0.582. The first-order valence-electron chi connectivity index (χ1n) is 11.2. The average Bonchev–Trinajstić information content (AvgIpc) is 3.54. The van der Waals surface area contributed by atoms with Crippen molar-refractivity contribution in [3.8, 4) is 5.75 Å². The second-order valence-electron chi connectivity index (χ2n) is 8.43. The summed E-state index contributed by atoms with van der Waals surface area (Å²) in [6, 6.07) is 4.87. The standard InChI is InChI=1S/C22H25Cl2N7O3/c23-16-9-25-30(10-16)6-5-29-12-19-21(13-29)34-14-17-11-31(28-27-17)4-1-7-33-20-8-15(22(32)26-19)2-3-18(20)24/h2-3,8-11,19,21H,1,4-7,12-14H2,(H,26,32)/t19-,21-/m0/s1. The van der Waals surface area contributed by atoms with Gasteiger partial charge in [-0.25, -0.2) is 0 Å². The Morgan fingerprint density at radius 2 is 2.09 bits per heavy atom. The van der Waals surface area contributed by atoms with Crippen LogP contribution in [0.1, 0.15) is 22.5 Å². The van der Waals surface area contributed by atoms with E-state index in [2.05, 4.69) is 25.6 Å². The predicted octanol–water partition coefficient (Wildman–Crippen LogP) is 2.26. The second-order valence-corrected chi connectivity index (χ2v) is 9.27. The largest absolute Gasteiger partial charge is 0.492 e. The van der Waals surface area contributed by atoms with Gasteiger partial charge in [0.15, 0.2) is 0 Å². The van der Waals surface area contributed by atoms with E-state index in [0.29, 0.717) is 60.8 Å². The fourth-order valence-corrected chi connectivity index (χ4v) is 4.50. The first-order chi connectivity index (χ1) is 16.5. The van der Waals surface area contributed by atoms with Crippen molar-refractivity contribution in [3.63, 3.8) is 0 Å². The Bertz CT molecular complexity index is 1150. The van der Waals surface area contributed by atoms with Crippen LogP contribution in [0, 0.1) is 0 Å². The number of benzene rings is 1. The average molecular weight is 506 g/mol. The van der Waals surface area contributed by atoms with Crippen molar-refractivity contribution in [1.82, 2.24) is 35.0 Å². The molecule has 3 aromatic rings. The minimum absolute atomic E-state index is 0.195. The lowest BCUT2D eigenvalue weighted by molar-refractivity contribution is 0.0295. The summed E-state index contributed by atoms with van der Waals surface area (Å²) in [6.07, 6.45) is 5.81. The molecule has 2 aliphatic rings. The number of fused-ring (bicyclic) bond motifs is 5. The summed E-state index contributed by atoms with van der Waals surface area (Å²) in [7, 11) is 0. The Labute approximate surface area is 206 Å². The number of ether oxygens (including phenoxy) is 2. The van der Waals surface area contributed by atoms with Crippen LogP contribution in [0.25, 0.3) is 0 Å².